The second kappa shape index (κ2) is 6.39. The van der Waals surface area contributed by atoms with Crippen molar-refractivity contribution in [2.75, 3.05) is 0 Å². The lowest BCUT2D eigenvalue weighted by Crippen LogP contribution is -2.22. The number of alkyl halides is 3. The summed E-state index contributed by atoms with van der Waals surface area (Å²) in [4.78, 5) is 12.9. The molecule has 3 aromatic carbocycles. The summed E-state index contributed by atoms with van der Waals surface area (Å²) in [6.07, 6.45) is -4.44. The summed E-state index contributed by atoms with van der Waals surface area (Å²) in [6, 6.07) is 20.8. The van der Waals surface area contributed by atoms with Gasteiger partial charge in [-0.15, -0.1) is 0 Å². The van der Waals surface area contributed by atoms with Crippen molar-refractivity contribution in [3.8, 4) is 16.9 Å². The third-order valence-corrected chi connectivity index (χ3v) is 4.29. The molecule has 0 bridgehead atoms. The minimum Gasteiger partial charge on any atom is -0.267 e. The first-order valence-electron chi connectivity index (χ1n) is 8.20. The van der Waals surface area contributed by atoms with E-state index >= 15 is 0 Å². The number of benzene rings is 3. The van der Waals surface area contributed by atoms with Crippen molar-refractivity contribution < 1.29 is 13.2 Å². The first kappa shape index (κ1) is 17.0. The summed E-state index contributed by atoms with van der Waals surface area (Å²) < 4.78 is 39.6. The molecule has 1 aromatic heterocycles. The molecule has 1 heterocycles. The van der Waals surface area contributed by atoms with Crippen LogP contribution in [0, 0.1) is 0 Å². The van der Waals surface area contributed by atoms with Crippen molar-refractivity contribution in [2.45, 2.75) is 6.18 Å². The highest BCUT2D eigenvalue weighted by Gasteiger charge is 2.30. The molecule has 27 heavy (non-hydrogen) atoms. The Hall–Kier alpha value is -3.41. The van der Waals surface area contributed by atoms with Gasteiger partial charge in [-0.3, -0.25) is 4.79 Å². The van der Waals surface area contributed by atoms with Gasteiger partial charge in [0.15, 0.2) is 0 Å². The molecule has 134 valence electrons. The number of nitrogens with zero attached hydrogens (tertiary/aromatic N) is 2. The van der Waals surface area contributed by atoms with Crippen LogP contribution in [0.5, 0.6) is 0 Å². The van der Waals surface area contributed by atoms with Crippen molar-refractivity contribution >= 4 is 10.8 Å². The van der Waals surface area contributed by atoms with Crippen molar-refractivity contribution in [2.24, 2.45) is 0 Å². The van der Waals surface area contributed by atoms with Gasteiger partial charge in [-0.1, -0.05) is 48.5 Å². The molecule has 4 rings (SSSR count). The number of aromatic nitrogens is 2. The molecule has 0 saturated heterocycles. The van der Waals surface area contributed by atoms with E-state index in [1.807, 2.05) is 42.5 Å². The summed E-state index contributed by atoms with van der Waals surface area (Å²) in [7, 11) is 0. The molecule has 0 atom stereocenters. The van der Waals surface area contributed by atoms with Crippen LogP contribution in [-0.4, -0.2) is 9.78 Å². The summed E-state index contributed by atoms with van der Waals surface area (Å²) in [5, 5.41) is 5.60. The normalized spacial score (nSPS) is 11.7. The van der Waals surface area contributed by atoms with Crippen molar-refractivity contribution in [1.82, 2.24) is 9.78 Å². The minimum absolute atomic E-state index is 0.274. The van der Waals surface area contributed by atoms with E-state index in [0.717, 1.165) is 22.4 Å². The molecular formula is C21H13F3N2O. The summed E-state index contributed by atoms with van der Waals surface area (Å²) in [5.74, 6) is 0. The minimum atomic E-state index is -4.44. The zero-order valence-electron chi connectivity index (χ0n) is 13.9. The molecule has 4 aromatic rings. The molecule has 0 unspecified atom stereocenters. The van der Waals surface area contributed by atoms with Crippen LogP contribution < -0.4 is 5.56 Å². The van der Waals surface area contributed by atoms with Gasteiger partial charge < -0.3 is 0 Å². The third-order valence-electron chi connectivity index (χ3n) is 4.29. The SMILES string of the molecule is O=c1c2ccccc2c(-c2ccccc2)nn1-c1ccc(C(F)(F)F)cc1. The van der Waals surface area contributed by atoms with E-state index in [9.17, 15) is 18.0 Å². The number of fused-ring (bicyclic) bond motifs is 1. The fourth-order valence-electron chi connectivity index (χ4n) is 2.97. The summed E-state index contributed by atoms with van der Waals surface area (Å²) in [6.45, 7) is 0. The number of hydrogen-bond donors (Lipinski definition) is 0. The van der Waals surface area contributed by atoms with Crippen molar-refractivity contribution in [3.05, 3.63) is 94.8 Å². The van der Waals surface area contributed by atoms with Crippen LogP contribution in [0.25, 0.3) is 27.7 Å². The number of hydrogen-bond acceptors (Lipinski definition) is 2. The number of halogens is 3. The number of rotatable bonds is 2. The van der Waals surface area contributed by atoms with Crippen LogP contribution in [0.4, 0.5) is 13.2 Å². The first-order valence-corrected chi connectivity index (χ1v) is 8.20. The van der Waals surface area contributed by atoms with Crippen LogP contribution in [0.2, 0.25) is 0 Å². The van der Waals surface area contributed by atoms with E-state index in [1.165, 1.54) is 12.1 Å². The molecule has 0 amide bonds. The van der Waals surface area contributed by atoms with Crippen LogP contribution in [0.1, 0.15) is 5.56 Å². The monoisotopic (exact) mass is 366 g/mol. The zero-order valence-corrected chi connectivity index (χ0v) is 13.9. The summed E-state index contributed by atoms with van der Waals surface area (Å²) >= 11 is 0. The fraction of sp³-hybridized carbons (Fsp3) is 0.0476. The largest absolute Gasteiger partial charge is 0.416 e. The van der Waals surface area contributed by atoms with Gasteiger partial charge in [-0.2, -0.15) is 23.0 Å². The standard InChI is InChI=1S/C21H13F3N2O/c22-21(23,24)15-10-12-16(13-11-15)26-20(27)18-9-5-4-8-17(18)19(25-26)14-6-2-1-3-7-14/h1-13H. The molecule has 0 N–H and O–H groups in total. The lowest BCUT2D eigenvalue weighted by Gasteiger charge is -2.12. The second-order valence-electron chi connectivity index (χ2n) is 6.02. The maximum absolute atomic E-state index is 12.9. The zero-order chi connectivity index (χ0) is 19.0. The highest BCUT2D eigenvalue weighted by atomic mass is 19.4. The Morgan fingerprint density at radius 2 is 1.33 bits per heavy atom. The summed E-state index contributed by atoms with van der Waals surface area (Å²) in [5.41, 5.74) is 0.518. The quantitative estimate of drug-likeness (QED) is 0.496. The molecule has 0 radical (unpaired) electrons. The average Bonchev–Trinajstić information content (AvgIpc) is 2.69. The van der Waals surface area contributed by atoms with Crippen LogP contribution >= 0.6 is 0 Å². The van der Waals surface area contributed by atoms with Gasteiger partial charge in [0, 0.05) is 10.9 Å². The van der Waals surface area contributed by atoms with E-state index in [4.69, 9.17) is 0 Å². The molecule has 0 aliphatic rings. The van der Waals surface area contributed by atoms with E-state index in [2.05, 4.69) is 5.10 Å². The van der Waals surface area contributed by atoms with Gasteiger partial charge in [0.05, 0.1) is 22.3 Å². The maximum Gasteiger partial charge on any atom is 0.416 e. The maximum atomic E-state index is 12.9. The highest BCUT2D eigenvalue weighted by molar-refractivity contribution is 5.93. The van der Waals surface area contributed by atoms with Gasteiger partial charge in [-0.05, 0) is 30.3 Å². The third kappa shape index (κ3) is 3.10. The lowest BCUT2D eigenvalue weighted by molar-refractivity contribution is -0.137. The molecule has 0 saturated carbocycles. The van der Waals surface area contributed by atoms with Gasteiger partial charge in [-0.25, -0.2) is 0 Å². The fourth-order valence-corrected chi connectivity index (χ4v) is 2.97. The van der Waals surface area contributed by atoms with Crippen LogP contribution in [-0.2, 0) is 6.18 Å². The molecule has 0 aliphatic carbocycles. The van der Waals surface area contributed by atoms with Crippen LogP contribution in [0.3, 0.4) is 0 Å². The van der Waals surface area contributed by atoms with Gasteiger partial charge in [0.25, 0.3) is 5.56 Å². The lowest BCUT2D eigenvalue weighted by atomic mass is 10.1. The second-order valence-corrected chi connectivity index (χ2v) is 6.02. The van der Waals surface area contributed by atoms with Crippen LogP contribution in [0.15, 0.2) is 83.7 Å². The molecule has 0 spiro atoms. The smallest absolute Gasteiger partial charge is 0.267 e. The Morgan fingerprint density at radius 1 is 0.741 bits per heavy atom. The van der Waals surface area contributed by atoms with Gasteiger partial charge in [0.2, 0.25) is 0 Å². The molecule has 6 heteroatoms. The van der Waals surface area contributed by atoms with Crippen molar-refractivity contribution in [3.63, 3.8) is 0 Å². The molecule has 0 fully saturated rings. The Labute approximate surface area is 152 Å². The predicted molar refractivity (Wildman–Crippen MR) is 97.8 cm³/mol. The Kier molecular flexibility index (Phi) is 4.03. The average molecular weight is 366 g/mol. The van der Waals surface area contributed by atoms with E-state index < -0.39 is 11.7 Å². The van der Waals surface area contributed by atoms with E-state index in [-0.39, 0.29) is 11.2 Å². The Morgan fingerprint density at radius 3 is 1.96 bits per heavy atom. The van der Waals surface area contributed by atoms with Gasteiger partial charge in [0.1, 0.15) is 0 Å². The van der Waals surface area contributed by atoms with E-state index in [1.54, 1.807) is 12.1 Å². The molecule has 3 nitrogen and oxygen atoms in total. The topological polar surface area (TPSA) is 34.9 Å². The van der Waals surface area contributed by atoms with E-state index in [0.29, 0.717) is 16.5 Å². The van der Waals surface area contributed by atoms with Gasteiger partial charge >= 0.3 is 6.18 Å². The first-order chi connectivity index (χ1) is 12.9. The Balaban J connectivity index is 1.97. The Bertz CT molecular complexity index is 1160. The molecule has 0 aliphatic heterocycles. The molecular weight excluding hydrogens is 353 g/mol. The van der Waals surface area contributed by atoms with Crippen molar-refractivity contribution in [1.29, 1.82) is 0 Å². The predicted octanol–water partition coefficient (Wildman–Crippen LogP) is 5.07. The highest BCUT2D eigenvalue weighted by Crippen LogP contribution is 2.30.